The van der Waals surface area contributed by atoms with Crippen molar-refractivity contribution < 1.29 is 4.74 Å². The van der Waals surface area contributed by atoms with Crippen LogP contribution in [0.1, 0.15) is 25.0 Å². The third-order valence-corrected chi connectivity index (χ3v) is 3.44. The van der Waals surface area contributed by atoms with Crippen molar-refractivity contribution in [3.8, 4) is 11.8 Å². The van der Waals surface area contributed by atoms with Gasteiger partial charge in [0.25, 0.3) is 0 Å². The summed E-state index contributed by atoms with van der Waals surface area (Å²) in [5.74, 6) is 0.749. The maximum Gasteiger partial charge on any atom is 0.124 e. The van der Waals surface area contributed by atoms with Crippen molar-refractivity contribution in [1.29, 1.82) is 5.26 Å². The number of methoxy groups -OCH3 is 1. The summed E-state index contributed by atoms with van der Waals surface area (Å²) in [4.78, 5) is 0. The Labute approximate surface area is 99.0 Å². The maximum atomic E-state index is 9.16. The normalized spacial score (nSPS) is 10.9. The lowest BCUT2D eigenvalue weighted by Gasteiger charge is -2.22. The Balaban J connectivity index is 3.51. The molecule has 15 heavy (non-hydrogen) atoms. The second-order valence-electron chi connectivity index (χ2n) is 4.01. The van der Waals surface area contributed by atoms with Crippen molar-refractivity contribution in [2.24, 2.45) is 0 Å². The van der Waals surface area contributed by atoms with E-state index in [0.29, 0.717) is 0 Å². The number of hydrogen-bond acceptors (Lipinski definition) is 2. The lowest BCUT2D eigenvalue weighted by Crippen LogP contribution is -2.16. The molecule has 0 amide bonds. The molecular weight excluding hydrogens is 254 g/mol. The van der Waals surface area contributed by atoms with Crippen molar-refractivity contribution in [3.05, 3.63) is 27.7 Å². The first-order valence-electron chi connectivity index (χ1n) is 4.69. The van der Waals surface area contributed by atoms with Crippen LogP contribution in [0.25, 0.3) is 0 Å². The number of aryl methyl sites for hydroxylation is 1. The number of nitriles is 1. The van der Waals surface area contributed by atoms with Gasteiger partial charge < -0.3 is 4.74 Å². The van der Waals surface area contributed by atoms with Crippen molar-refractivity contribution >= 4 is 15.9 Å². The van der Waals surface area contributed by atoms with E-state index in [1.54, 1.807) is 7.11 Å². The highest BCUT2D eigenvalue weighted by Gasteiger charge is 2.27. The lowest BCUT2D eigenvalue weighted by atomic mass is 9.85. The van der Waals surface area contributed by atoms with Crippen LogP contribution >= 0.6 is 15.9 Å². The monoisotopic (exact) mass is 267 g/mol. The standard InChI is InChI=1S/C12H14BrNO/c1-8-5-6-9(15-4)10(11(8)13)12(2,3)7-14/h5-6H,1-4H3. The minimum atomic E-state index is -0.559. The zero-order chi connectivity index (χ0) is 11.6. The van der Waals surface area contributed by atoms with Gasteiger partial charge in [-0.25, -0.2) is 0 Å². The van der Waals surface area contributed by atoms with Crippen LogP contribution in [0.15, 0.2) is 16.6 Å². The quantitative estimate of drug-likeness (QED) is 0.821. The molecule has 0 heterocycles. The van der Waals surface area contributed by atoms with Crippen LogP contribution in [0.5, 0.6) is 5.75 Å². The third kappa shape index (κ3) is 2.15. The highest BCUT2D eigenvalue weighted by molar-refractivity contribution is 9.10. The van der Waals surface area contributed by atoms with Gasteiger partial charge in [-0.2, -0.15) is 5.26 Å². The molecule has 0 N–H and O–H groups in total. The smallest absolute Gasteiger partial charge is 0.124 e. The maximum absolute atomic E-state index is 9.16. The second-order valence-corrected chi connectivity index (χ2v) is 4.80. The molecule has 3 heteroatoms. The van der Waals surface area contributed by atoms with Gasteiger partial charge in [-0.05, 0) is 32.4 Å². The molecule has 80 valence electrons. The van der Waals surface area contributed by atoms with E-state index < -0.39 is 5.41 Å². The largest absolute Gasteiger partial charge is 0.496 e. The molecule has 0 bridgehead atoms. The number of benzene rings is 1. The van der Waals surface area contributed by atoms with Crippen LogP contribution in [0.4, 0.5) is 0 Å². The molecule has 0 aliphatic heterocycles. The van der Waals surface area contributed by atoms with Gasteiger partial charge in [-0.1, -0.05) is 22.0 Å². The van der Waals surface area contributed by atoms with Crippen molar-refractivity contribution in [3.63, 3.8) is 0 Å². The molecule has 1 aromatic rings. The van der Waals surface area contributed by atoms with Crippen LogP contribution < -0.4 is 4.74 Å². The Morgan fingerprint density at radius 2 is 2.00 bits per heavy atom. The number of nitrogens with zero attached hydrogens (tertiary/aromatic N) is 1. The number of rotatable bonds is 2. The predicted octanol–water partition coefficient (Wildman–Crippen LogP) is 3.57. The summed E-state index contributed by atoms with van der Waals surface area (Å²) in [6.07, 6.45) is 0. The molecule has 0 spiro atoms. The first-order chi connectivity index (χ1) is 6.94. The van der Waals surface area contributed by atoms with E-state index in [-0.39, 0.29) is 0 Å². The molecule has 0 atom stereocenters. The van der Waals surface area contributed by atoms with Crippen LogP contribution in [0.3, 0.4) is 0 Å². The zero-order valence-corrected chi connectivity index (χ0v) is 11.0. The Kier molecular flexibility index (Phi) is 3.41. The van der Waals surface area contributed by atoms with Gasteiger partial charge in [0.1, 0.15) is 5.75 Å². The summed E-state index contributed by atoms with van der Waals surface area (Å²) in [7, 11) is 1.62. The second kappa shape index (κ2) is 4.24. The summed E-state index contributed by atoms with van der Waals surface area (Å²) >= 11 is 3.52. The van der Waals surface area contributed by atoms with E-state index >= 15 is 0 Å². The fourth-order valence-corrected chi connectivity index (χ4v) is 2.29. The minimum Gasteiger partial charge on any atom is -0.496 e. The van der Waals surface area contributed by atoms with Gasteiger partial charge >= 0.3 is 0 Å². The summed E-state index contributed by atoms with van der Waals surface area (Å²) < 4.78 is 6.24. The van der Waals surface area contributed by atoms with Crippen molar-refractivity contribution in [2.75, 3.05) is 7.11 Å². The molecule has 0 radical (unpaired) electrons. The first-order valence-corrected chi connectivity index (χ1v) is 5.48. The molecular formula is C12H14BrNO. The van der Waals surface area contributed by atoms with E-state index in [1.165, 1.54) is 0 Å². The molecule has 0 saturated heterocycles. The molecule has 0 unspecified atom stereocenters. The van der Waals surface area contributed by atoms with Crippen LogP contribution in [-0.4, -0.2) is 7.11 Å². The predicted molar refractivity (Wildman–Crippen MR) is 64.1 cm³/mol. The van der Waals surface area contributed by atoms with E-state index in [4.69, 9.17) is 10.00 Å². The van der Waals surface area contributed by atoms with Gasteiger partial charge in [0.05, 0.1) is 18.6 Å². The van der Waals surface area contributed by atoms with Gasteiger partial charge in [0, 0.05) is 10.0 Å². The van der Waals surface area contributed by atoms with Crippen LogP contribution in [0.2, 0.25) is 0 Å². The van der Waals surface area contributed by atoms with Gasteiger partial charge in [0.2, 0.25) is 0 Å². The SMILES string of the molecule is COc1ccc(C)c(Br)c1C(C)(C)C#N. The van der Waals surface area contributed by atoms with E-state index in [2.05, 4.69) is 22.0 Å². The zero-order valence-electron chi connectivity index (χ0n) is 9.39. The van der Waals surface area contributed by atoms with Crippen molar-refractivity contribution in [2.45, 2.75) is 26.2 Å². The molecule has 0 aliphatic carbocycles. The lowest BCUT2D eigenvalue weighted by molar-refractivity contribution is 0.402. The third-order valence-electron chi connectivity index (χ3n) is 2.42. The topological polar surface area (TPSA) is 33.0 Å². The number of hydrogen-bond donors (Lipinski definition) is 0. The molecule has 0 fully saturated rings. The molecule has 1 aromatic carbocycles. The van der Waals surface area contributed by atoms with E-state index in [0.717, 1.165) is 21.3 Å². The molecule has 1 rings (SSSR count). The molecule has 2 nitrogen and oxygen atoms in total. The average Bonchev–Trinajstić information content (AvgIpc) is 2.21. The van der Waals surface area contributed by atoms with Crippen LogP contribution in [-0.2, 0) is 5.41 Å². The highest BCUT2D eigenvalue weighted by Crippen LogP contribution is 2.38. The van der Waals surface area contributed by atoms with Gasteiger partial charge in [-0.15, -0.1) is 0 Å². The van der Waals surface area contributed by atoms with Crippen LogP contribution in [0, 0.1) is 18.3 Å². The Bertz CT molecular complexity index is 418. The number of halogens is 1. The number of ether oxygens (including phenoxy) is 1. The first kappa shape index (κ1) is 12.1. The molecule has 0 aromatic heterocycles. The average molecular weight is 268 g/mol. The summed E-state index contributed by atoms with van der Waals surface area (Å²) in [6.45, 7) is 5.77. The Morgan fingerprint density at radius 1 is 1.40 bits per heavy atom. The van der Waals surface area contributed by atoms with E-state index in [9.17, 15) is 0 Å². The molecule has 0 saturated carbocycles. The minimum absolute atomic E-state index is 0.559. The Hall–Kier alpha value is -1.01. The summed E-state index contributed by atoms with van der Waals surface area (Å²) in [6, 6.07) is 6.16. The molecule has 0 aliphatic rings. The highest BCUT2D eigenvalue weighted by atomic mass is 79.9. The summed E-state index contributed by atoms with van der Waals surface area (Å²) in [5, 5.41) is 9.16. The fourth-order valence-electron chi connectivity index (χ4n) is 1.47. The summed E-state index contributed by atoms with van der Waals surface area (Å²) in [5.41, 5.74) is 1.46. The van der Waals surface area contributed by atoms with Gasteiger partial charge in [-0.3, -0.25) is 0 Å². The van der Waals surface area contributed by atoms with Gasteiger partial charge in [0.15, 0.2) is 0 Å². The Morgan fingerprint density at radius 3 is 2.47 bits per heavy atom. The fraction of sp³-hybridized carbons (Fsp3) is 0.417. The van der Waals surface area contributed by atoms with E-state index in [1.807, 2.05) is 32.9 Å². The van der Waals surface area contributed by atoms with Crippen molar-refractivity contribution in [1.82, 2.24) is 0 Å².